The molecule has 1 fully saturated rings. The molecule has 7 heteroatoms. The van der Waals surface area contributed by atoms with E-state index in [9.17, 15) is 14.0 Å². The molecule has 1 saturated heterocycles. The van der Waals surface area contributed by atoms with Gasteiger partial charge in [0.15, 0.2) is 0 Å². The van der Waals surface area contributed by atoms with Gasteiger partial charge in [0, 0.05) is 31.1 Å². The SMILES string of the molecule is NCCCCCCC(=O)N1CCC(C(=O)Nc2ccc(F)c(Cl)c2)CC1. The maximum absolute atomic E-state index is 13.2. The topological polar surface area (TPSA) is 75.4 Å². The van der Waals surface area contributed by atoms with Crippen molar-refractivity contribution in [2.24, 2.45) is 11.7 Å². The molecule has 0 radical (unpaired) electrons. The largest absolute Gasteiger partial charge is 0.343 e. The van der Waals surface area contributed by atoms with Crippen LogP contribution < -0.4 is 11.1 Å². The Morgan fingerprint density at radius 2 is 1.88 bits per heavy atom. The number of anilines is 1. The zero-order valence-electron chi connectivity index (χ0n) is 15.0. The summed E-state index contributed by atoms with van der Waals surface area (Å²) in [5.41, 5.74) is 5.94. The van der Waals surface area contributed by atoms with E-state index in [1.165, 1.54) is 18.2 Å². The number of nitrogens with two attached hydrogens (primary N) is 1. The van der Waals surface area contributed by atoms with E-state index < -0.39 is 5.82 Å². The Balaban J connectivity index is 1.72. The molecule has 26 heavy (non-hydrogen) atoms. The second-order valence-corrected chi connectivity index (χ2v) is 7.13. The molecule has 0 aliphatic carbocycles. The molecule has 2 amide bonds. The highest BCUT2D eigenvalue weighted by atomic mass is 35.5. The molecule has 3 N–H and O–H groups in total. The van der Waals surface area contributed by atoms with Crippen LogP contribution in [0.15, 0.2) is 18.2 Å². The van der Waals surface area contributed by atoms with Crippen molar-refractivity contribution < 1.29 is 14.0 Å². The van der Waals surface area contributed by atoms with Crippen molar-refractivity contribution in [1.29, 1.82) is 0 Å². The smallest absolute Gasteiger partial charge is 0.227 e. The molecule has 0 saturated carbocycles. The first-order chi connectivity index (χ1) is 12.5. The maximum atomic E-state index is 13.2. The summed E-state index contributed by atoms with van der Waals surface area (Å²) in [6.07, 6.45) is 5.84. The second-order valence-electron chi connectivity index (χ2n) is 6.73. The first kappa shape index (κ1) is 20.6. The van der Waals surface area contributed by atoms with Gasteiger partial charge >= 0.3 is 0 Å². The van der Waals surface area contributed by atoms with Gasteiger partial charge < -0.3 is 16.0 Å². The molecule has 2 rings (SSSR count). The van der Waals surface area contributed by atoms with E-state index in [1.54, 1.807) is 0 Å². The quantitative estimate of drug-likeness (QED) is 0.674. The fourth-order valence-electron chi connectivity index (χ4n) is 3.14. The van der Waals surface area contributed by atoms with Gasteiger partial charge in [-0.2, -0.15) is 0 Å². The minimum atomic E-state index is -0.514. The third kappa shape index (κ3) is 6.25. The lowest BCUT2D eigenvalue weighted by atomic mass is 9.95. The van der Waals surface area contributed by atoms with Crippen molar-refractivity contribution >= 4 is 29.1 Å². The number of benzene rings is 1. The van der Waals surface area contributed by atoms with Crippen LogP contribution in [-0.4, -0.2) is 36.3 Å². The molecule has 0 bridgehead atoms. The Bertz CT molecular complexity index is 619. The molecule has 144 valence electrons. The molecule has 0 unspecified atom stereocenters. The summed E-state index contributed by atoms with van der Waals surface area (Å²) in [7, 11) is 0. The number of piperidine rings is 1. The van der Waals surface area contributed by atoms with Crippen molar-refractivity contribution in [3.8, 4) is 0 Å². The van der Waals surface area contributed by atoms with Crippen molar-refractivity contribution in [2.45, 2.75) is 44.9 Å². The van der Waals surface area contributed by atoms with E-state index in [1.807, 2.05) is 4.90 Å². The van der Waals surface area contributed by atoms with Gasteiger partial charge in [0.1, 0.15) is 5.82 Å². The number of carbonyl (C=O) groups is 2. The highest BCUT2D eigenvalue weighted by Crippen LogP contribution is 2.23. The summed E-state index contributed by atoms with van der Waals surface area (Å²) in [6, 6.07) is 4.12. The summed E-state index contributed by atoms with van der Waals surface area (Å²) in [4.78, 5) is 26.4. The van der Waals surface area contributed by atoms with Crippen molar-refractivity contribution in [2.75, 3.05) is 25.0 Å². The van der Waals surface area contributed by atoms with E-state index >= 15 is 0 Å². The first-order valence-corrected chi connectivity index (χ1v) is 9.63. The first-order valence-electron chi connectivity index (χ1n) is 9.25. The fourth-order valence-corrected chi connectivity index (χ4v) is 3.32. The van der Waals surface area contributed by atoms with Crippen LogP contribution in [0.5, 0.6) is 0 Å². The number of rotatable bonds is 8. The van der Waals surface area contributed by atoms with Gasteiger partial charge in [-0.1, -0.05) is 24.4 Å². The maximum Gasteiger partial charge on any atom is 0.227 e. The number of likely N-dealkylation sites (tertiary alicyclic amines) is 1. The third-order valence-electron chi connectivity index (χ3n) is 4.75. The summed E-state index contributed by atoms with van der Waals surface area (Å²) < 4.78 is 13.2. The Morgan fingerprint density at radius 1 is 1.19 bits per heavy atom. The molecule has 1 aliphatic rings. The van der Waals surface area contributed by atoms with Gasteiger partial charge in [-0.3, -0.25) is 9.59 Å². The highest BCUT2D eigenvalue weighted by Gasteiger charge is 2.27. The zero-order valence-corrected chi connectivity index (χ0v) is 15.7. The molecule has 1 aromatic rings. The van der Waals surface area contributed by atoms with Gasteiger partial charge in [0.25, 0.3) is 0 Å². The molecule has 0 atom stereocenters. The number of halogens is 2. The van der Waals surface area contributed by atoms with Crippen molar-refractivity contribution in [3.05, 3.63) is 29.0 Å². The Kier molecular flexibility index (Phi) is 8.32. The number of hydrogen-bond acceptors (Lipinski definition) is 3. The van der Waals surface area contributed by atoms with Crippen LogP contribution in [0.4, 0.5) is 10.1 Å². The molecular weight excluding hydrogens is 357 g/mol. The second kappa shape index (κ2) is 10.5. The van der Waals surface area contributed by atoms with E-state index in [-0.39, 0.29) is 22.8 Å². The van der Waals surface area contributed by atoms with Crippen molar-refractivity contribution in [1.82, 2.24) is 4.90 Å². The minimum absolute atomic E-state index is 0.0188. The molecule has 0 spiro atoms. The highest BCUT2D eigenvalue weighted by molar-refractivity contribution is 6.31. The van der Waals surface area contributed by atoms with Crippen LogP contribution in [0.3, 0.4) is 0 Å². The van der Waals surface area contributed by atoms with E-state index in [0.717, 1.165) is 25.7 Å². The number of nitrogens with one attached hydrogen (secondary N) is 1. The normalized spacial score (nSPS) is 15.1. The Hall–Kier alpha value is -1.66. The summed E-state index contributed by atoms with van der Waals surface area (Å²) >= 11 is 5.73. The fraction of sp³-hybridized carbons (Fsp3) is 0.579. The summed E-state index contributed by atoms with van der Waals surface area (Å²) in [5.74, 6) is -0.601. The van der Waals surface area contributed by atoms with E-state index in [4.69, 9.17) is 17.3 Å². The Labute approximate surface area is 159 Å². The van der Waals surface area contributed by atoms with Crippen LogP contribution in [0.25, 0.3) is 0 Å². The van der Waals surface area contributed by atoms with Crippen LogP contribution >= 0.6 is 11.6 Å². The van der Waals surface area contributed by atoms with Gasteiger partial charge in [0.2, 0.25) is 11.8 Å². The average molecular weight is 384 g/mol. The van der Waals surface area contributed by atoms with E-state index in [0.29, 0.717) is 44.6 Å². The molecule has 0 aromatic heterocycles. The van der Waals surface area contributed by atoms with Gasteiger partial charge in [-0.05, 0) is 50.4 Å². The monoisotopic (exact) mass is 383 g/mol. The molecule has 5 nitrogen and oxygen atoms in total. The lowest BCUT2D eigenvalue weighted by Crippen LogP contribution is -2.41. The summed E-state index contributed by atoms with van der Waals surface area (Å²) in [6.45, 7) is 1.90. The minimum Gasteiger partial charge on any atom is -0.343 e. The number of hydrogen-bond donors (Lipinski definition) is 2. The van der Waals surface area contributed by atoms with Crippen LogP contribution in [-0.2, 0) is 9.59 Å². The predicted molar refractivity (Wildman–Crippen MR) is 101 cm³/mol. The lowest BCUT2D eigenvalue weighted by molar-refractivity contribution is -0.134. The molecule has 1 aliphatic heterocycles. The van der Waals surface area contributed by atoms with Crippen LogP contribution in [0.2, 0.25) is 5.02 Å². The average Bonchev–Trinajstić information content (AvgIpc) is 2.64. The number of amides is 2. The van der Waals surface area contributed by atoms with Gasteiger partial charge in [-0.25, -0.2) is 4.39 Å². The van der Waals surface area contributed by atoms with Gasteiger partial charge in [0.05, 0.1) is 5.02 Å². The predicted octanol–water partition coefficient (Wildman–Crippen LogP) is 3.57. The molecular formula is C19H27ClFN3O2. The molecule has 1 aromatic carbocycles. The number of unbranched alkanes of at least 4 members (excludes halogenated alkanes) is 3. The van der Waals surface area contributed by atoms with Crippen LogP contribution in [0, 0.1) is 11.7 Å². The van der Waals surface area contributed by atoms with Gasteiger partial charge in [-0.15, -0.1) is 0 Å². The van der Waals surface area contributed by atoms with Crippen molar-refractivity contribution in [3.63, 3.8) is 0 Å². The number of carbonyl (C=O) groups excluding carboxylic acids is 2. The van der Waals surface area contributed by atoms with Crippen LogP contribution in [0.1, 0.15) is 44.9 Å². The standard InChI is InChI=1S/C19H27ClFN3O2/c20-16-13-15(6-7-17(16)21)23-19(26)14-8-11-24(12-9-14)18(25)5-3-1-2-4-10-22/h6-7,13-14H,1-5,8-12,22H2,(H,23,26). The molecule has 1 heterocycles. The Morgan fingerprint density at radius 3 is 2.54 bits per heavy atom. The lowest BCUT2D eigenvalue weighted by Gasteiger charge is -2.31. The third-order valence-corrected chi connectivity index (χ3v) is 5.04. The number of nitrogens with zero attached hydrogens (tertiary/aromatic N) is 1. The van der Waals surface area contributed by atoms with E-state index in [2.05, 4.69) is 5.32 Å². The summed E-state index contributed by atoms with van der Waals surface area (Å²) in [5, 5.41) is 2.76. The zero-order chi connectivity index (χ0) is 18.9.